The van der Waals surface area contributed by atoms with E-state index in [-0.39, 0.29) is 0 Å². The minimum atomic E-state index is 0.691. The van der Waals surface area contributed by atoms with Crippen molar-refractivity contribution in [1.29, 1.82) is 0 Å². The van der Waals surface area contributed by atoms with Crippen LogP contribution in [0.25, 0.3) is 0 Å². The van der Waals surface area contributed by atoms with Crippen molar-refractivity contribution in [2.75, 3.05) is 5.33 Å². The Bertz CT molecular complexity index is 248. The Morgan fingerprint density at radius 2 is 2.38 bits per heavy atom. The summed E-state index contributed by atoms with van der Waals surface area (Å²) in [6.45, 7) is 3.22. The number of halogens is 2. The number of hydrogen-bond donors (Lipinski definition) is 0. The molecule has 74 valence electrons. The van der Waals surface area contributed by atoms with Crippen LogP contribution in [0.15, 0.2) is 16.9 Å². The predicted octanol–water partition coefficient (Wildman–Crippen LogP) is 3.46. The van der Waals surface area contributed by atoms with Crippen LogP contribution in [0.2, 0.25) is 0 Å². The molecule has 0 N–H and O–H groups in total. The second-order valence-corrected chi connectivity index (χ2v) is 4.75. The third-order valence-electron chi connectivity index (χ3n) is 1.96. The van der Waals surface area contributed by atoms with E-state index in [0.717, 1.165) is 16.3 Å². The summed E-state index contributed by atoms with van der Waals surface area (Å²) >= 11 is 6.92. The molecule has 0 amide bonds. The van der Waals surface area contributed by atoms with Gasteiger partial charge < -0.3 is 0 Å². The van der Waals surface area contributed by atoms with Crippen molar-refractivity contribution < 1.29 is 0 Å². The molecule has 0 bridgehead atoms. The van der Waals surface area contributed by atoms with Crippen LogP contribution >= 0.6 is 31.9 Å². The van der Waals surface area contributed by atoms with Gasteiger partial charge in [0.2, 0.25) is 0 Å². The van der Waals surface area contributed by atoms with Gasteiger partial charge in [0, 0.05) is 18.1 Å². The number of rotatable bonds is 5. The van der Waals surface area contributed by atoms with Crippen LogP contribution in [-0.2, 0) is 6.54 Å². The first kappa shape index (κ1) is 11.2. The van der Waals surface area contributed by atoms with E-state index in [4.69, 9.17) is 0 Å². The zero-order valence-corrected chi connectivity index (χ0v) is 10.9. The van der Waals surface area contributed by atoms with Gasteiger partial charge in [0.05, 0.1) is 10.7 Å². The van der Waals surface area contributed by atoms with Gasteiger partial charge in [0.25, 0.3) is 0 Å². The molecule has 1 unspecified atom stereocenters. The summed E-state index contributed by atoms with van der Waals surface area (Å²) < 4.78 is 3.04. The first-order valence-corrected chi connectivity index (χ1v) is 6.41. The maximum Gasteiger partial charge on any atom is 0.0632 e. The van der Waals surface area contributed by atoms with Crippen LogP contribution in [0.4, 0.5) is 0 Å². The molecule has 0 radical (unpaired) electrons. The fourth-order valence-electron chi connectivity index (χ4n) is 1.33. The quantitative estimate of drug-likeness (QED) is 0.762. The maximum atomic E-state index is 4.23. The molecular formula is C9H14Br2N2. The Kier molecular flexibility index (Phi) is 5.02. The van der Waals surface area contributed by atoms with Gasteiger partial charge in [-0.2, -0.15) is 5.10 Å². The molecule has 1 aromatic heterocycles. The third kappa shape index (κ3) is 3.81. The van der Waals surface area contributed by atoms with Crippen molar-refractivity contribution in [3.05, 3.63) is 16.9 Å². The Hall–Kier alpha value is 0.170. The molecule has 1 rings (SSSR count). The van der Waals surface area contributed by atoms with E-state index in [1.54, 1.807) is 0 Å². The Balaban J connectivity index is 2.46. The standard InChI is InChI=1S/C9H14Br2N2/c1-2-3-8(4-10)6-13-7-9(11)5-12-13/h5,7-8H,2-4,6H2,1H3. The van der Waals surface area contributed by atoms with Gasteiger partial charge in [0.1, 0.15) is 0 Å². The third-order valence-corrected chi connectivity index (χ3v) is 3.29. The highest BCUT2D eigenvalue weighted by atomic mass is 79.9. The van der Waals surface area contributed by atoms with Crippen molar-refractivity contribution in [3.63, 3.8) is 0 Å². The summed E-state index contributed by atoms with van der Waals surface area (Å²) in [5, 5.41) is 5.29. The van der Waals surface area contributed by atoms with Gasteiger partial charge in [0.15, 0.2) is 0 Å². The van der Waals surface area contributed by atoms with Gasteiger partial charge in [-0.15, -0.1) is 0 Å². The second-order valence-electron chi connectivity index (χ2n) is 3.19. The van der Waals surface area contributed by atoms with E-state index in [9.17, 15) is 0 Å². The molecule has 0 saturated carbocycles. The average Bonchev–Trinajstić information content (AvgIpc) is 2.50. The van der Waals surface area contributed by atoms with Gasteiger partial charge in [-0.1, -0.05) is 29.3 Å². The van der Waals surface area contributed by atoms with Crippen LogP contribution in [0.5, 0.6) is 0 Å². The van der Waals surface area contributed by atoms with E-state index < -0.39 is 0 Å². The smallest absolute Gasteiger partial charge is 0.0632 e. The Morgan fingerprint density at radius 1 is 1.62 bits per heavy atom. The lowest BCUT2D eigenvalue weighted by atomic mass is 10.1. The molecule has 0 aliphatic heterocycles. The van der Waals surface area contributed by atoms with Gasteiger partial charge >= 0.3 is 0 Å². The molecule has 2 nitrogen and oxygen atoms in total. The van der Waals surface area contributed by atoms with E-state index in [1.807, 2.05) is 17.1 Å². The molecule has 0 aliphatic rings. The van der Waals surface area contributed by atoms with Gasteiger partial charge in [-0.3, -0.25) is 4.68 Å². The van der Waals surface area contributed by atoms with E-state index in [1.165, 1.54) is 12.8 Å². The molecule has 1 atom stereocenters. The van der Waals surface area contributed by atoms with E-state index >= 15 is 0 Å². The molecule has 13 heavy (non-hydrogen) atoms. The normalized spacial score (nSPS) is 13.2. The van der Waals surface area contributed by atoms with Crippen molar-refractivity contribution in [2.24, 2.45) is 5.92 Å². The first-order chi connectivity index (χ1) is 6.26. The van der Waals surface area contributed by atoms with Crippen LogP contribution < -0.4 is 0 Å². The fourth-order valence-corrected chi connectivity index (χ4v) is 2.18. The minimum absolute atomic E-state index is 0.691. The molecule has 1 heterocycles. The topological polar surface area (TPSA) is 17.8 Å². The summed E-state index contributed by atoms with van der Waals surface area (Å²) in [6, 6.07) is 0. The molecule has 0 spiro atoms. The minimum Gasteiger partial charge on any atom is -0.271 e. The van der Waals surface area contributed by atoms with Crippen molar-refractivity contribution in [1.82, 2.24) is 9.78 Å². The van der Waals surface area contributed by atoms with Gasteiger partial charge in [-0.05, 0) is 28.3 Å². The number of alkyl halides is 1. The summed E-state index contributed by atoms with van der Waals surface area (Å²) in [6.07, 6.45) is 6.34. The molecular weight excluding hydrogens is 296 g/mol. The molecule has 0 saturated heterocycles. The Morgan fingerprint density at radius 3 is 2.85 bits per heavy atom. The number of nitrogens with zero attached hydrogens (tertiary/aromatic N) is 2. The average molecular weight is 310 g/mol. The predicted molar refractivity (Wildman–Crippen MR) is 62.1 cm³/mol. The zero-order valence-electron chi connectivity index (χ0n) is 7.71. The van der Waals surface area contributed by atoms with E-state index in [2.05, 4.69) is 43.9 Å². The SMILES string of the molecule is CCCC(CBr)Cn1cc(Br)cn1. The van der Waals surface area contributed by atoms with E-state index in [0.29, 0.717) is 5.92 Å². The highest BCUT2D eigenvalue weighted by molar-refractivity contribution is 9.10. The fraction of sp³-hybridized carbons (Fsp3) is 0.667. The highest BCUT2D eigenvalue weighted by Gasteiger charge is 2.07. The summed E-state index contributed by atoms with van der Waals surface area (Å²) in [4.78, 5) is 0. The Labute approximate surface area is 96.0 Å². The number of hydrogen-bond acceptors (Lipinski definition) is 1. The maximum absolute atomic E-state index is 4.23. The monoisotopic (exact) mass is 308 g/mol. The first-order valence-electron chi connectivity index (χ1n) is 4.50. The van der Waals surface area contributed by atoms with Gasteiger partial charge in [-0.25, -0.2) is 0 Å². The number of aromatic nitrogens is 2. The summed E-state index contributed by atoms with van der Waals surface area (Å²) in [5.41, 5.74) is 0. The molecule has 4 heteroatoms. The van der Waals surface area contributed by atoms with Crippen molar-refractivity contribution >= 4 is 31.9 Å². The lowest BCUT2D eigenvalue weighted by Gasteiger charge is -2.12. The lowest BCUT2D eigenvalue weighted by Crippen LogP contribution is -2.12. The second kappa shape index (κ2) is 5.81. The van der Waals surface area contributed by atoms with Crippen LogP contribution in [-0.4, -0.2) is 15.1 Å². The van der Waals surface area contributed by atoms with Crippen molar-refractivity contribution in [2.45, 2.75) is 26.3 Å². The zero-order chi connectivity index (χ0) is 9.68. The molecule has 0 aromatic carbocycles. The van der Waals surface area contributed by atoms with Crippen LogP contribution in [0, 0.1) is 5.92 Å². The molecule has 0 fully saturated rings. The summed E-state index contributed by atoms with van der Waals surface area (Å²) in [5.74, 6) is 0.691. The van der Waals surface area contributed by atoms with Crippen LogP contribution in [0.3, 0.4) is 0 Å². The lowest BCUT2D eigenvalue weighted by molar-refractivity contribution is 0.428. The molecule has 0 aliphatic carbocycles. The highest BCUT2D eigenvalue weighted by Crippen LogP contribution is 2.14. The largest absolute Gasteiger partial charge is 0.271 e. The molecule has 1 aromatic rings. The van der Waals surface area contributed by atoms with Crippen LogP contribution in [0.1, 0.15) is 19.8 Å². The van der Waals surface area contributed by atoms with Crippen molar-refractivity contribution in [3.8, 4) is 0 Å². The summed E-state index contributed by atoms with van der Waals surface area (Å²) in [7, 11) is 0.